The van der Waals surface area contributed by atoms with Crippen LogP contribution < -0.4 is 0 Å². The largest absolute Gasteiger partial charge is 0.183 e. The van der Waals surface area contributed by atoms with Crippen molar-refractivity contribution in [3.8, 4) is 17.9 Å². The lowest BCUT2D eigenvalue weighted by atomic mass is 10.0. The number of hydrogen-bond acceptors (Lipinski definition) is 1. The van der Waals surface area contributed by atoms with Crippen molar-refractivity contribution in [1.82, 2.24) is 0 Å². The second-order valence-electron chi connectivity index (χ2n) is 2.78. The predicted octanol–water partition coefficient (Wildman–Crippen LogP) is 2.94. The number of halogens is 1. The van der Waals surface area contributed by atoms with Gasteiger partial charge in [-0.2, -0.15) is 5.26 Å². The lowest BCUT2D eigenvalue weighted by Crippen LogP contribution is -1.87. The Morgan fingerprint density at radius 1 is 1.23 bits per heavy atom. The summed E-state index contributed by atoms with van der Waals surface area (Å²) >= 11 is 3.40. The van der Waals surface area contributed by atoms with Crippen LogP contribution in [0.2, 0.25) is 0 Å². The van der Waals surface area contributed by atoms with Crippen LogP contribution in [0.15, 0.2) is 16.6 Å². The fraction of sp³-hybridized carbons (Fsp3) is 0.182. The highest BCUT2D eigenvalue weighted by molar-refractivity contribution is 9.10. The quantitative estimate of drug-likeness (QED) is 0.633. The van der Waals surface area contributed by atoms with Crippen LogP contribution in [0, 0.1) is 37.0 Å². The zero-order chi connectivity index (χ0) is 9.84. The van der Waals surface area contributed by atoms with Gasteiger partial charge in [0.25, 0.3) is 0 Å². The highest BCUT2D eigenvalue weighted by atomic mass is 79.9. The first kappa shape index (κ1) is 9.84. The molecule has 0 aliphatic rings. The highest BCUT2D eigenvalue weighted by Crippen LogP contribution is 2.19. The summed E-state index contributed by atoms with van der Waals surface area (Å²) in [5.41, 5.74) is 3.13. The van der Waals surface area contributed by atoms with Crippen molar-refractivity contribution in [2.75, 3.05) is 0 Å². The molecule has 0 aromatic heterocycles. The first-order chi connectivity index (χ1) is 6.15. The summed E-state index contributed by atoms with van der Waals surface area (Å²) in [7, 11) is 0. The van der Waals surface area contributed by atoms with E-state index in [9.17, 15) is 0 Å². The van der Waals surface area contributed by atoms with Crippen LogP contribution in [0.25, 0.3) is 0 Å². The van der Waals surface area contributed by atoms with Gasteiger partial charge in [-0.3, -0.25) is 0 Å². The maximum absolute atomic E-state index is 8.33. The molecule has 1 aromatic rings. The Morgan fingerprint density at radius 3 is 2.23 bits per heavy atom. The summed E-state index contributed by atoms with van der Waals surface area (Å²) in [6, 6.07) is 5.80. The lowest BCUT2D eigenvalue weighted by Gasteiger charge is -2.03. The minimum atomic E-state index is 0.949. The first-order valence-corrected chi connectivity index (χ1v) is 4.61. The third-order valence-electron chi connectivity index (χ3n) is 1.74. The number of hydrogen-bond donors (Lipinski definition) is 0. The van der Waals surface area contributed by atoms with E-state index in [1.54, 1.807) is 0 Å². The number of benzene rings is 1. The molecule has 0 atom stereocenters. The number of aryl methyl sites for hydroxylation is 2. The minimum absolute atomic E-state index is 0.949. The van der Waals surface area contributed by atoms with Gasteiger partial charge in [-0.05, 0) is 37.1 Å². The molecule has 1 rings (SSSR count). The Hall–Kier alpha value is -1.25. The molecule has 0 spiro atoms. The van der Waals surface area contributed by atoms with Crippen LogP contribution in [0.3, 0.4) is 0 Å². The van der Waals surface area contributed by atoms with E-state index in [0.29, 0.717) is 0 Å². The topological polar surface area (TPSA) is 23.8 Å². The van der Waals surface area contributed by atoms with Crippen molar-refractivity contribution < 1.29 is 0 Å². The Balaban J connectivity index is 3.31. The third-order valence-corrected chi connectivity index (χ3v) is 2.20. The normalized spacial score (nSPS) is 8.46. The van der Waals surface area contributed by atoms with E-state index in [0.717, 1.165) is 21.2 Å². The Kier molecular flexibility index (Phi) is 3.12. The van der Waals surface area contributed by atoms with E-state index in [1.807, 2.05) is 32.0 Å². The molecule has 1 aromatic carbocycles. The molecule has 13 heavy (non-hydrogen) atoms. The molecule has 0 bridgehead atoms. The van der Waals surface area contributed by atoms with Gasteiger partial charge in [0.15, 0.2) is 6.07 Å². The maximum atomic E-state index is 8.33. The summed E-state index contributed by atoms with van der Waals surface area (Å²) in [6.07, 6.45) is 0. The standard InChI is InChI=1S/C11H8BrN/c1-8-6-10(12)7-9(2)11(8)4-3-5-13/h6-7H,1-2H3. The van der Waals surface area contributed by atoms with Gasteiger partial charge >= 0.3 is 0 Å². The number of nitriles is 1. The van der Waals surface area contributed by atoms with Crippen LogP contribution >= 0.6 is 15.9 Å². The number of nitrogens with zero attached hydrogens (tertiary/aromatic N) is 1. The molecule has 0 aliphatic heterocycles. The van der Waals surface area contributed by atoms with Gasteiger partial charge in [0.2, 0.25) is 0 Å². The Morgan fingerprint density at radius 2 is 1.77 bits per heavy atom. The summed E-state index contributed by atoms with van der Waals surface area (Å²) in [5.74, 6) is 5.23. The van der Waals surface area contributed by atoms with Gasteiger partial charge in [-0.15, -0.1) is 0 Å². The van der Waals surface area contributed by atoms with E-state index in [-0.39, 0.29) is 0 Å². The van der Waals surface area contributed by atoms with Crippen molar-refractivity contribution in [3.63, 3.8) is 0 Å². The fourth-order valence-electron chi connectivity index (χ4n) is 1.20. The van der Waals surface area contributed by atoms with E-state index in [4.69, 9.17) is 5.26 Å². The Labute approximate surface area is 86.5 Å². The average Bonchev–Trinajstić information content (AvgIpc) is 2.02. The lowest BCUT2D eigenvalue weighted by molar-refractivity contribution is 1.33. The maximum Gasteiger partial charge on any atom is 0.152 e. The van der Waals surface area contributed by atoms with Crippen molar-refractivity contribution in [2.24, 2.45) is 0 Å². The minimum Gasteiger partial charge on any atom is -0.183 e. The molecular formula is C11H8BrN. The van der Waals surface area contributed by atoms with Crippen molar-refractivity contribution in [1.29, 1.82) is 5.26 Å². The monoisotopic (exact) mass is 233 g/mol. The SMILES string of the molecule is Cc1cc(Br)cc(C)c1C#CC#N. The van der Waals surface area contributed by atoms with Crippen LogP contribution in [0.5, 0.6) is 0 Å². The van der Waals surface area contributed by atoms with E-state index in [1.165, 1.54) is 0 Å². The molecule has 0 heterocycles. The van der Waals surface area contributed by atoms with Gasteiger partial charge in [-0.25, -0.2) is 0 Å². The highest BCUT2D eigenvalue weighted by Gasteiger charge is 2.00. The molecule has 2 heteroatoms. The van der Waals surface area contributed by atoms with Crippen molar-refractivity contribution >= 4 is 15.9 Å². The van der Waals surface area contributed by atoms with Gasteiger partial charge in [0.05, 0.1) is 0 Å². The molecule has 0 amide bonds. The van der Waals surface area contributed by atoms with E-state index in [2.05, 4.69) is 27.8 Å². The molecule has 0 radical (unpaired) electrons. The van der Waals surface area contributed by atoms with Crippen LogP contribution in [-0.2, 0) is 0 Å². The molecular weight excluding hydrogens is 226 g/mol. The van der Waals surface area contributed by atoms with E-state index < -0.39 is 0 Å². The third kappa shape index (κ3) is 2.34. The van der Waals surface area contributed by atoms with Gasteiger partial charge in [0, 0.05) is 16.0 Å². The van der Waals surface area contributed by atoms with E-state index >= 15 is 0 Å². The second-order valence-corrected chi connectivity index (χ2v) is 3.69. The van der Waals surface area contributed by atoms with Gasteiger partial charge in [-0.1, -0.05) is 21.9 Å². The zero-order valence-electron chi connectivity index (χ0n) is 7.48. The molecule has 1 nitrogen and oxygen atoms in total. The van der Waals surface area contributed by atoms with Crippen LogP contribution in [0.1, 0.15) is 16.7 Å². The van der Waals surface area contributed by atoms with Crippen molar-refractivity contribution in [2.45, 2.75) is 13.8 Å². The first-order valence-electron chi connectivity index (χ1n) is 3.82. The summed E-state index contributed by atoms with van der Waals surface area (Å²) in [4.78, 5) is 0. The van der Waals surface area contributed by atoms with Crippen molar-refractivity contribution in [3.05, 3.63) is 33.3 Å². The molecule has 0 saturated carbocycles. The molecule has 64 valence electrons. The molecule has 0 fully saturated rings. The predicted molar refractivity (Wildman–Crippen MR) is 56.1 cm³/mol. The fourth-order valence-corrected chi connectivity index (χ4v) is 1.89. The average molecular weight is 234 g/mol. The molecule has 0 aliphatic carbocycles. The summed E-state index contributed by atoms with van der Waals surface area (Å²) < 4.78 is 1.05. The molecule has 0 saturated heterocycles. The van der Waals surface area contributed by atoms with Gasteiger partial charge in [0.1, 0.15) is 0 Å². The molecule has 0 N–H and O–H groups in total. The number of rotatable bonds is 0. The summed E-state index contributed by atoms with van der Waals surface area (Å²) in [5, 5.41) is 8.33. The smallest absolute Gasteiger partial charge is 0.152 e. The van der Waals surface area contributed by atoms with Crippen LogP contribution in [-0.4, -0.2) is 0 Å². The zero-order valence-corrected chi connectivity index (χ0v) is 9.07. The molecule has 0 unspecified atom stereocenters. The summed E-state index contributed by atoms with van der Waals surface area (Å²) in [6.45, 7) is 3.97. The van der Waals surface area contributed by atoms with Crippen LogP contribution in [0.4, 0.5) is 0 Å². The Bertz CT molecular complexity index is 407. The second kappa shape index (κ2) is 4.12. The van der Waals surface area contributed by atoms with Gasteiger partial charge < -0.3 is 0 Å².